The minimum Gasteiger partial charge on any atom is -0.406 e. The molecule has 3 aromatic rings. The van der Waals surface area contributed by atoms with Crippen LogP contribution in [-0.4, -0.2) is 26.5 Å². The summed E-state index contributed by atoms with van der Waals surface area (Å²) in [6.07, 6.45) is 3.22. The lowest BCUT2D eigenvalue weighted by atomic mass is 9.84. The molecule has 2 aromatic carbocycles. The largest absolute Gasteiger partial charge is 0.573 e. The molecule has 1 heterocycles. The number of fused-ring (bicyclic) bond motifs is 3. The van der Waals surface area contributed by atoms with Crippen molar-refractivity contribution in [1.29, 1.82) is 0 Å². The number of aryl methyl sites for hydroxylation is 1. The Balaban J connectivity index is 1.27. The number of hydrogen-bond donors (Lipinski definition) is 1. The van der Waals surface area contributed by atoms with Crippen molar-refractivity contribution in [1.82, 2.24) is 15.0 Å². The number of anilines is 1. The van der Waals surface area contributed by atoms with E-state index in [1.807, 2.05) is 31.2 Å². The highest BCUT2D eigenvalue weighted by Gasteiger charge is 2.31. The van der Waals surface area contributed by atoms with Crippen molar-refractivity contribution in [3.8, 4) is 11.4 Å². The van der Waals surface area contributed by atoms with Crippen molar-refractivity contribution in [3.63, 3.8) is 0 Å². The third kappa shape index (κ3) is 5.67. The molecule has 0 aliphatic heterocycles. The second-order valence-corrected chi connectivity index (χ2v) is 8.88. The first-order valence-electron chi connectivity index (χ1n) is 11.5. The smallest absolute Gasteiger partial charge is 0.406 e. The first kappa shape index (κ1) is 24.6. The molecule has 0 atom stereocenters. The minimum absolute atomic E-state index is 0.280. The number of aromatic nitrogens is 3. The van der Waals surface area contributed by atoms with E-state index in [0.717, 1.165) is 45.8 Å². The number of benzene rings is 2. The van der Waals surface area contributed by atoms with Crippen LogP contribution >= 0.6 is 12.2 Å². The van der Waals surface area contributed by atoms with Crippen molar-refractivity contribution in [2.75, 3.05) is 5.32 Å². The molecule has 2 aliphatic carbocycles. The van der Waals surface area contributed by atoms with Gasteiger partial charge in [-0.15, -0.1) is 23.4 Å². The van der Waals surface area contributed by atoms with Gasteiger partial charge in [0.2, 0.25) is 5.11 Å². The summed E-state index contributed by atoms with van der Waals surface area (Å²) in [4.78, 5) is 0. The van der Waals surface area contributed by atoms with E-state index in [4.69, 9.17) is 12.2 Å². The number of para-hydroxylation sites is 1. The Morgan fingerprint density at radius 1 is 1.14 bits per heavy atom. The van der Waals surface area contributed by atoms with Crippen LogP contribution in [0.5, 0.6) is 5.75 Å². The molecule has 188 valence electrons. The van der Waals surface area contributed by atoms with Gasteiger partial charge in [0.1, 0.15) is 11.4 Å². The minimum atomic E-state index is -4.73. The van der Waals surface area contributed by atoms with Gasteiger partial charge in [-0.05, 0) is 85.4 Å². The highest BCUT2D eigenvalue weighted by atomic mass is 32.1. The van der Waals surface area contributed by atoms with Crippen LogP contribution < -0.4 is 10.1 Å². The van der Waals surface area contributed by atoms with E-state index < -0.39 is 6.36 Å². The van der Waals surface area contributed by atoms with E-state index in [9.17, 15) is 13.2 Å². The third-order valence-electron chi connectivity index (χ3n) is 5.97. The normalized spacial score (nSPS) is 16.2. The molecule has 2 aliphatic rings. The topological polar surface area (TPSA) is 76.7 Å². The van der Waals surface area contributed by atoms with E-state index in [-0.39, 0.29) is 10.9 Å². The summed E-state index contributed by atoms with van der Waals surface area (Å²) < 4.78 is 42.9. The molecule has 0 saturated heterocycles. The molecular formula is C26H21F3N6OS. The second-order valence-electron chi connectivity index (χ2n) is 8.49. The first-order valence-corrected chi connectivity index (χ1v) is 11.9. The monoisotopic (exact) mass is 522 g/mol. The molecule has 7 nitrogen and oxygen atoms in total. The maximum absolute atomic E-state index is 12.4. The fourth-order valence-corrected chi connectivity index (χ4v) is 4.41. The zero-order valence-corrected chi connectivity index (χ0v) is 20.5. The average molecular weight is 523 g/mol. The fourth-order valence-electron chi connectivity index (χ4n) is 4.25. The van der Waals surface area contributed by atoms with Gasteiger partial charge in [0, 0.05) is 11.3 Å². The zero-order chi connectivity index (χ0) is 26.0. The quantitative estimate of drug-likeness (QED) is 0.299. The summed E-state index contributed by atoms with van der Waals surface area (Å²) >= 11 is 5.27. The Kier molecular flexibility index (Phi) is 6.70. The maximum Gasteiger partial charge on any atom is 0.573 e. The number of halogens is 3. The van der Waals surface area contributed by atoms with Gasteiger partial charge < -0.3 is 10.1 Å². The van der Waals surface area contributed by atoms with Crippen molar-refractivity contribution in [2.45, 2.75) is 32.5 Å². The number of hydrogen-bond acceptors (Lipinski definition) is 5. The number of nitrogens with zero attached hydrogens (tertiary/aromatic N) is 5. The summed E-state index contributed by atoms with van der Waals surface area (Å²) in [5.74, 6) is -0.284. The maximum atomic E-state index is 12.4. The van der Waals surface area contributed by atoms with Crippen LogP contribution in [0.4, 0.5) is 18.9 Å². The Morgan fingerprint density at radius 3 is 2.68 bits per heavy atom. The molecule has 0 amide bonds. The van der Waals surface area contributed by atoms with Crippen LogP contribution in [0.3, 0.4) is 0 Å². The molecule has 0 spiro atoms. The van der Waals surface area contributed by atoms with Crippen molar-refractivity contribution in [2.24, 2.45) is 10.2 Å². The average Bonchev–Trinajstić information content (AvgIpc) is 3.29. The molecule has 0 unspecified atom stereocenters. The van der Waals surface area contributed by atoms with Gasteiger partial charge in [-0.3, -0.25) is 0 Å². The highest BCUT2D eigenvalue weighted by molar-refractivity contribution is 7.80. The van der Waals surface area contributed by atoms with Crippen molar-refractivity contribution in [3.05, 3.63) is 95.0 Å². The van der Waals surface area contributed by atoms with Gasteiger partial charge in [-0.2, -0.15) is 5.11 Å². The highest BCUT2D eigenvalue weighted by Crippen LogP contribution is 2.38. The van der Waals surface area contributed by atoms with E-state index in [0.29, 0.717) is 18.5 Å². The van der Waals surface area contributed by atoms with Crippen LogP contribution in [0.1, 0.15) is 29.8 Å². The van der Waals surface area contributed by atoms with Gasteiger partial charge in [-0.25, -0.2) is 4.68 Å². The second kappa shape index (κ2) is 10.1. The van der Waals surface area contributed by atoms with Crippen LogP contribution in [0.2, 0.25) is 0 Å². The molecule has 11 heteroatoms. The van der Waals surface area contributed by atoms with Crippen LogP contribution in [0.25, 0.3) is 11.3 Å². The van der Waals surface area contributed by atoms with E-state index in [1.54, 1.807) is 10.9 Å². The third-order valence-corrected chi connectivity index (χ3v) is 6.15. The van der Waals surface area contributed by atoms with Gasteiger partial charge in [0.25, 0.3) is 0 Å². The lowest BCUT2D eigenvalue weighted by Gasteiger charge is -2.22. The first-order chi connectivity index (χ1) is 17.8. The van der Waals surface area contributed by atoms with E-state index in [2.05, 4.69) is 42.7 Å². The predicted molar refractivity (Wildman–Crippen MR) is 137 cm³/mol. The van der Waals surface area contributed by atoms with Crippen molar-refractivity contribution >= 4 is 28.6 Å². The standard InChI is InChI=1S/C26H21F3N6OS/c1-16-4-2-3-5-22(16)31-25(37)33-30-15-17-6-12-21-18(14-17)7-13-23-24(21)32-34-35(23)19-8-10-20(11-9-19)36-26(27,28)29/h2-5,8-12,14-15H,6-7,13H2,1H3,(H,31,37). The number of thiocarbonyl (C=S) groups is 1. The molecule has 0 radical (unpaired) electrons. The number of nitrogens with one attached hydrogen (secondary N) is 1. The number of azo groups is 1. The van der Waals surface area contributed by atoms with Crippen molar-refractivity contribution < 1.29 is 17.9 Å². The lowest BCUT2D eigenvalue weighted by molar-refractivity contribution is -0.274. The SMILES string of the molecule is Cc1ccccc1NC(=S)N=NC=C1C=C2CCc3c(nnn3-c3ccc(OC(F)(F)F)cc3)C2=CC1. The van der Waals surface area contributed by atoms with Gasteiger partial charge >= 0.3 is 6.36 Å². The summed E-state index contributed by atoms with van der Waals surface area (Å²) in [6, 6.07) is 13.4. The van der Waals surface area contributed by atoms with Gasteiger partial charge in [0.15, 0.2) is 0 Å². The van der Waals surface area contributed by atoms with Crippen LogP contribution in [0.15, 0.2) is 88.3 Å². The summed E-state index contributed by atoms with van der Waals surface area (Å²) in [6.45, 7) is 1.99. The fraction of sp³-hybridized carbons (Fsp3) is 0.192. The predicted octanol–water partition coefficient (Wildman–Crippen LogP) is 6.87. The Bertz CT molecular complexity index is 1470. The number of ether oxygens (including phenoxy) is 1. The molecule has 37 heavy (non-hydrogen) atoms. The van der Waals surface area contributed by atoms with Gasteiger partial charge in [0.05, 0.1) is 17.6 Å². The summed E-state index contributed by atoms with van der Waals surface area (Å²) in [5.41, 5.74) is 7.39. The number of allylic oxidation sites excluding steroid dienone is 5. The van der Waals surface area contributed by atoms with Crippen LogP contribution in [-0.2, 0) is 6.42 Å². The molecule has 0 saturated carbocycles. The summed E-state index contributed by atoms with van der Waals surface area (Å²) in [5, 5.41) is 20.2. The Morgan fingerprint density at radius 2 is 1.92 bits per heavy atom. The molecule has 0 bridgehead atoms. The Hall–Kier alpha value is -4.12. The molecule has 5 rings (SSSR count). The lowest BCUT2D eigenvalue weighted by Crippen LogP contribution is -2.17. The number of rotatable bonds is 4. The number of alkyl halides is 3. The van der Waals surface area contributed by atoms with Crippen LogP contribution in [0, 0.1) is 6.92 Å². The zero-order valence-electron chi connectivity index (χ0n) is 19.7. The summed E-state index contributed by atoms with van der Waals surface area (Å²) in [7, 11) is 0. The molecular weight excluding hydrogens is 501 g/mol. The van der Waals surface area contributed by atoms with E-state index in [1.165, 1.54) is 24.3 Å². The molecule has 0 fully saturated rings. The van der Waals surface area contributed by atoms with Gasteiger partial charge in [-0.1, -0.05) is 35.6 Å². The molecule has 1 aromatic heterocycles. The molecule has 1 N–H and O–H groups in total. The Labute approximate surface area is 216 Å². The van der Waals surface area contributed by atoms with E-state index >= 15 is 0 Å².